The van der Waals surface area contributed by atoms with Gasteiger partial charge < -0.3 is 10.5 Å². The van der Waals surface area contributed by atoms with E-state index in [-0.39, 0.29) is 0 Å². The molecule has 0 spiro atoms. The lowest BCUT2D eigenvalue weighted by Crippen LogP contribution is -2.30. The average Bonchev–Trinajstić information content (AvgIpc) is 2.58. The number of rotatable bonds is 4. The minimum Gasteiger partial charge on any atom is -0.492 e. The van der Waals surface area contributed by atoms with E-state index < -0.39 is 0 Å². The average molecular weight is 299 g/mol. The van der Waals surface area contributed by atoms with Gasteiger partial charge in [-0.3, -0.25) is 4.90 Å². The van der Waals surface area contributed by atoms with Crippen molar-refractivity contribution in [2.75, 3.05) is 26.2 Å². The number of halogens is 1. The molecule has 1 aromatic carbocycles. The highest BCUT2D eigenvalue weighted by Gasteiger charge is 2.25. The summed E-state index contributed by atoms with van der Waals surface area (Å²) >= 11 is 3.43. The highest BCUT2D eigenvalue weighted by atomic mass is 79.9. The summed E-state index contributed by atoms with van der Waals surface area (Å²) in [5.74, 6) is 1.51. The number of nitrogens with zero attached hydrogens (tertiary/aromatic N) is 1. The molecular weight excluding hydrogens is 280 g/mol. The fourth-order valence-electron chi connectivity index (χ4n) is 2.13. The molecule has 2 unspecified atom stereocenters. The minimum atomic E-state index is 0.320. The van der Waals surface area contributed by atoms with Crippen LogP contribution in [0.5, 0.6) is 5.75 Å². The van der Waals surface area contributed by atoms with Gasteiger partial charge >= 0.3 is 0 Å². The van der Waals surface area contributed by atoms with Crippen molar-refractivity contribution in [1.82, 2.24) is 4.90 Å². The highest BCUT2D eigenvalue weighted by Crippen LogP contribution is 2.18. The van der Waals surface area contributed by atoms with Crippen LogP contribution < -0.4 is 10.5 Å². The van der Waals surface area contributed by atoms with Crippen molar-refractivity contribution in [3.05, 3.63) is 28.7 Å². The number of ether oxygens (including phenoxy) is 1. The Morgan fingerprint density at radius 3 is 2.94 bits per heavy atom. The second-order valence-electron chi connectivity index (χ2n) is 4.71. The van der Waals surface area contributed by atoms with E-state index in [1.165, 1.54) is 0 Å². The fraction of sp³-hybridized carbons (Fsp3) is 0.538. The van der Waals surface area contributed by atoms with E-state index in [2.05, 4.69) is 27.8 Å². The monoisotopic (exact) mass is 298 g/mol. The summed E-state index contributed by atoms with van der Waals surface area (Å²) in [6.45, 7) is 5.95. The predicted octanol–water partition coefficient (Wildman–Crippen LogP) is 2.11. The summed E-state index contributed by atoms with van der Waals surface area (Å²) in [4.78, 5) is 2.37. The first-order valence-corrected chi connectivity index (χ1v) is 6.81. The molecule has 1 aliphatic rings. The molecular formula is C13H19BrN2O. The molecule has 2 N–H and O–H groups in total. The molecule has 1 saturated heterocycles. The van der Waals surface area contributed by atoms with E-state index in [0.29, 0.717) is 12.0 Å². The van der Waals surface area contributed by atoms with Gasteiger partial charge in [-0.15, -0.1) is 0 Å². The number of benzene rings is 1. The van der Waals surface area contributed by atoms with Crippen molar-refractivity contribution in [1.29, 1.82) is 0 Å². The van der Waals surface area contributed by atoms with E-state index in [9.17, 15) is 0 Å². The third-order valence-corrected chi connectivity index (χ3v) is 3.71. The molecule has 0 aliphatic carbocycles. The van der Waals surface area contributed by atoms with Crippen LogP contribution >= 0.6 is 15.9 Å². The van der Waals surface area contributed by atoms with Crippen molar-refractivity contribution in [2.45, 2.75) is 13.0 Å². The summed E-state index contributed by atoms with van der Waals surface area (Å²) in [5.41, 5.74) is 5.98. The summed E-state index contributed by atoms with van der Waals surface area (Å²) in [6, 6.07) is 8.25. The molecule has 0 amide bonds. The third kappa shape index (κ3) is 3.69. The molecule has 2 rings (SSSR count). The highest BCUT2D eigenvalue weighted by molar-refractivity contribution is 9.10. The molecule has 1 heterocycles. The lowest BCUT2D eigenvalue weighted by atomic mass is 10.1. The van der Waals surface area contributed by atoms with Crippen LogP contribution in [-0.4, -0.2) is 37.2 Å². The van der Waals surface area contributed by atoms with E-state index in [1.807, 2.05) is 24.3 Å². The summed E-state index contributed by atoms with van der Waals surface area (Å²) in [5, 5.41) is 0. The van der Waals surface area contributed by atoms with E-state index >= 15 is 0 Å². The van der Waals surface area contributed by atoms with Crippen LogP contribution in [-0.2, 0) is 0 Å². The second-order valence-corrected chi connectivity index (χ2v) is 5.62. The first-order valence-electron chi connectivity index (χ1n) is 6.01. The van der Waals surface area contributed by atoms with Crippen LogP contribution in [0.15, 0.2) is 28.7 Å². The van der Waals surface area contributed by atoms with Gasteiger partial charge in [0.25, 0.3) is 0 Å². The quantitative estimate of drug-likeness (QED) is 0.925. The molecule has 17 heavy (non-hydrogen) atoms. The summed E-state index contributed by atoms with van der Waals surface area (Å²) < 4.78 is 6.75. The molecule has 4 heteroatoms. The molecule has 3 nitrogen and oxygen atoms in total. The molecule has 1 aromatic rings. The van der Waals surface area contributed by atoms with Crippen molar-refractivity contribution in [3.8, 4) is 5.75 Å². The van der Waals surface area contributed by atoms with Crippen LogP contribution in [0.25, 0.3) is 0 Å². The third-order valence-electron chi connectivity index (χ3n) is 3.22. The van der Waals surface area contributed by atoms with Gasteiger partial charge in [0.1, 0.15) is 12.4 Å². The Labute approximate surface area is 111 Å². The van der Waals surface area contributed by atoms with Gasteiger partial charge in [-0.05, 0) is 24.1 Å². The molecule has 0 saturated carbocycles. The van der Waals surface area contributed by atoms with E-state index in [0.717, 1.165) is 36.5 Å². The van der Waals surface area contributed by atoms with Crippen molar-refractivity contribution in [3.63, 3.8) is 0 Å². The number of hydrogen-bond acceptors (Lipinski definition) is 3. The zero-order valence-electron chi connectivity index (χ0n) is 10.1. The van der Waals surface area contributed by atoms with Crippen LogP contribution in [0.4, 0.5) is 0 Å². The molecule has 1 aliphatic heterocycles. The van der Waals surface area contributed by atoms with E-state index in [1.54, 1.807) is 0 Å². The number of hydrogen-bond donors (Lipinski definition) is 1. The first kappa shape index (κ1) is 12.9. The molecule has 0 radical (unpaired) electrons. The first-order chi connectivity index (χ1) is 8.15. The fourth-order valence-corrected chi connectivity index (χ4v) is 2.51. The second kappa shape index (κ2) is 5.85. The zero-order valence-corrected chi connectivity index (χ0v) is 11.7. The van der Waals surface area contributed by atoms with E-state index in [4.69, 9.17) is 10.5 Å². The topological polar surface area (TPSA) is 38.5 Å². The predicted molar refractivity (Wildman–Crippen MR) is 73.2 cm³/mol. The van der Waals surface area contributed by atoms with Gasteiger partial charge in [0.05, 0.1) is 0 Å². The summed E-state index contributed by atoms with van der Waals surface area (Å²) in [7, 11) is 0. The van der Waals surface area contributed by atoms with Gasteiger partial charge in [-0.1, -0.05) is 28.9 Å². The Hall–Kier alpha value is -0.580. The standard InChI is InChI=1S/C13H19BrN2O/c1-10-8-16(9-13(10)15)5-6-17-12-4-2-3-11(14)7-12/h2-4,7,10,13H,5-6,8-9,15H2,1H3. The Balaban J connectivity index is 1.73. The van der Waals surface area contributed by atoms with Crippen molar-refractivity contribution in [2.24, 2.45) is 11.7 Å². The van der Waals surface area contributed by atoms with Crippen LogP contribution in [0.1, 0.15) is 6.92 Å². The Morgan fingerprint density at radius 1 is 1.47 bits per heavy atom. The van der Waals surface area contributed by atoms with Gasteiger partial charge in [-0.25, -0.2) is 0 Å². The lowest BCUT2D eigenvalue weighted by Gasteiger charge is -2.15. The molecule has 0 aromatic heterocycles. The minimum absolute atomic E-state index is 0.320. The van der Waals surface area contributed by atoms with Gasteiger partial charge in [0.2, 0.25) is 0 Å². The Bertz CT molecular complexity index is 362. The van der Waals surface area contributed by atoms with Crippen LogP contribution in [0.3, 0.4) is 0 Å². The number of nitrogens with two attached hydrogens (primary N) is 1. The molecule has 0 bridgehead atoms. The van der Waals surface area contributed by atoms with Gasteiger partial charge in [-0.2, -0.15) is 0 Å². The maximum atomic E-state index is 5.98. The lowest BCUT2D eigenvalue weighted by molar-refractivity contribution is 0.233. The Morgan fingerprint density at radius 2 is 2.29 bits per heavy atom. The SMILES string of the molecule is CC1CN(CCOc2cccc(Br)c2)CC1N. The van der Waals surface area contributed by atoms with Crippen LogP contribution in [0, 0.1) is 5.92 Å². The zero-order chi connectivity index (χ0) is 12.3. The maximum Gasteiger partial charge on any atom is 0.120 e. The van der Waals surface area contributed by atoms with Gasteiger partial charge in [0, 0.05) is 30.1 Å². The number of likely N-dealkylation sites (tertiary alicyclic amines) is 1. The van der Waals surface area contributed by atoms with Gasteiger partial charge in [0.15, 0.2) is 0 Å². The molecule has 1 fully saturated rings. The largest absolute Gasteiger partial charge is 0.492 e. The molecule has 2 atom stereocenters. The molecule has 94 valence electrons. The smallest absolute Gasteiger partial charge is 0.120 e. The van der Waals surface area contributed by atoms with Crippen molar-refractivity contribution >= 4 is 15.9 Å². The van der Waals surface area contributed by atoms with Crippen LogP contribution in [0.2, 0.25) is 0 Å². The van der Waals surface area contributed by atoms with Crippen molar-refractivity contribution < 1.29 is 4.74 Å². The normalized spacial score (nSPS) is 25.1. The Kier molecular flexibility index (Phi) is 4.42. The summed E-state index contributed by atoms with van der Waals surface area (Å²) in [6.07, 6.45) is 0. The maximum absolute atomic E-state index is 5.98.